The van der Waals surface area contributed by atoms with Gasteiger partial charge in [0.2, 0.25) is 0 Å². The van der Waals surface area contributed by atoms with Gasteiger partial charge in [-0.25, -0.2) is 18.7 Å². The van der Waals surface area contributed by atoms with Crippen LogP contribution in [0.3, 0.4) is 0 Å². The summed E-state index contributed by atoms with van der Waals surface area (Å²) in [6.07, 6.45) is -3.04. The molecule has 2 aromatic heterocycles. The molecule has 0 aromatic carbocycles. The maximum absolute atomic E-state index is 14.9. The molecule has 120 valence electrons. The van der Waals surface area contributed by atoms with Gasteiger partial charge in [-0.05, 0) is 13.8 Å². The molecule has 1 aliphatic rings. The summed E-state index contributed by atoms with van der Waals surface area (Å²) in [5.41, 5.74) is 3.41. The molecule has 3 rings (SSSR count). The van der Waals surface area contributed by atoms with Crippen molar-refractivity contribution in [2.75, 3.05) is 5.73 Å². The van der Waals surface area contributed by atoms with E-state index in [1.165, 1.54) is 6.92 Å². The Labute approximate surface area is 124 Å². The zero-order valence-corrected chi connectivity index (χ0v) is 11.9. The molecular weight excluding hydrogens is 298 g/mol. The van der Waals surface area contributed by atoms with Crippen LogP contribution >= 0.6 is 0 Å². The van der Waals surface area contributed by atoms with Crippen LogP contribution in [0.5, 0.6) is 0 Å². The number of fused-ring (bicyclic) bond motifs is 1. The maximum Gasteiger partial charge on any atom is 0.181 e. The van der Waals surface area contributed by atoms with E-state index in [0.29, 0.717) is 0 Å². The van der Waals surface area contributed by atoms with Gasteiger partial charge >= 0.3 is 0 Å². The van der Waals surface area contributed by atoms with E-state index in [2.05, 4.69) is 9.97 Å². The number of halogens is 2. The first-order chi connectivity index (χ1) is 10.2. The standard InChI is InChI=1S/C13H16F2N4O3/c1-5(20)8-9(21)13(2,15)12(22-8)19-3-6(14)7-10(16)17-4-18-11(7)19/h3-5,8-9,12,20-21H,1-2H3,(H2,16,17,18)/t5-,8-,9-,12?,13-/m1/s1. The fourth-order valence-electron chi connectivity index (χ4n) is 2.78. The second-order valence-electron chi connectivity index (χ2n) is 5.63. The van der Waals surface area contributed by atoms with Crippen molar-refractivity contribution in [3.63, 3.8) is 0 Å². The van der Waals surface area contributed by atoms with Crippen LogP contribution in [0.15, 0.2) is 12.5 Å². The molecule has 1 unspecified atom stereocenters. The van der Waals surface area contributed by atoms with Gasteiger partial charge in [-0.3, -0.25) is 4.57 Å². The van der Waals surface area contributed by atoms with Crippen molar-refractivity contribution < 1.29 is 23.7 Å². The van der Waals surface area contributed by atoms with Crippen molar-refractivity contribution in [1.82, 2.24) is 14.5 Å². The predicted molar refractivity (Wildman–Crippen MR) is 73.0 cm³/mol. The average Bonchev–Trinajstić information content (AvgIpc) is 2.87. The molecule has 0 aliphatic carbocycles. The lowest BCUT2D eigenvalue weighted by Crippen LogP contribution is -2.42. The highest BCUT2D eigenvalue weighted by molar-refractivity contribution is 5.86. The highest BCUT2D eigenvalue weighted by Crippen LogP contribution is 2.44. The first-order valence-corrected chi connectivity index (χ1v) is 6.72. The number of anilines is 1. The van der Waals surface area contributed by atoms with Gasteiger partial charge in [0.05, 0.1) is 11.5 Å². The number of ether oxygens (including phenoxy) is 1. The van der Waals surface area contributed by atoms with Gasteiger partial charge in [-0.15, -0.1) is 0 Å². The molecular formula is C13H16F2N4O3. The fourth-order valence-corrected chi connectivity index (χ4v) is 2.78. The molecule has 0 bridgehead atoms. The summed E-state index contributed by atoms with van der Waals surface area (Å²) >= 11 is 0. The van der Waals surface area contributed by atoms with Crippen molar-refractivity contribution in [1.29, 1.82) is 0 Å². The number of alkyl halides is 1. The van der Waals surface area contributed by atoms with Crippen molar-refractivity contribution in [3.8, 4) is 0 Å². The van der Waals surface area contributed by atoms with Crippen LogP contribution in [0.1, 0.15) is 20.1 Å². The summed E-state index contributed by atoms with van der Waals surface area (Å²) in [7, 11) is 0. The lowest BCUT2D eigenvalue weighted by Gasteiger charge is -2.25. The second kappa shape index (κ2) is 4.83. The number of aliphatic hydroxyl groups is 2. The normalized spacial score (nSPS) is 33.5. The molecule has 0 saturated carbocycles. The minimum Gasteiger partial charge on any atom is -0.391 e. The van der Waals surface area contributed by atoms with E-state index in [9.17, 15) is 19.0 Å². The summed E-state index contributed by atoms with van der Waals surface area (Å²) in [6, 6.07) is 0. The molecule has 3 heterocycles. The summed E-state index contributed by atoms with van der Waals surface area (Å²) in [6.45, 7) is 2.50. The molecule has 4 N–H and O–H groups in total. The van der Waals surface area contributed by atoms with Crippen LogP contribution in [0.4, 0.5) is 14.6 Å². The van der Waals surface area contributed by atoms with E-state index < -0.39 is 36.0 Å². The molecule has 1 saturated heterocycles. The summed E-state index contributed by atoms with van der Waals surface area (Å²) < 4.78 is 35.5. The third-order valence-corrected chi connectivity index (χ3v) is 3.98. The van der Waals surface area contributed by atoms with Crippen molar-refractivity contribution >= 4 is 16.9 Å². The van der Waals surface area contributed by atoms with E-state index >= 15 is 0 Å². The fraction of sp³-hybridized carbons (Fsp3) is 0.538. The van der Waals surface area contributed by atoms with Crippen LogP contribution in [0.25, 0.3) is 11.0 Å². The third kappa shape index (κ3) is 1.97. The molecule has 1 fully saturated rings. The van der Waals surface area contributed by atoms with Gasteiger partial charge in [0.25, 0.3) is 0 Å². The number of hydrogen-bond donors (Lipinski definition) is 3. The molecule has 0 radical (unpaired) electrons. The molecule has 7 nitrogen and oxygen atoms in total. The Bertz CT molecular complexity index is 719. The van der Waals surface area contributed by atoms with Crippen LogP contribution < -0.4 is 5.73 Å². The molecule has 2 aromatic rings. The van der Waals surface area contributed by atoms with E-state index in [1.54, 1.807) is 0 Å². The van der Waals surface area contributed by atoms with Gasteiger partial charge < -0.3 is 20.7 Å². The number of nitrogen functional groups attached to an aromatic ring is 1. The van der Waals surface area contributed by atoms with E-state index in [-0.39, 0.29) is 16.9 Å². The monoisotopic (exact) mass is 314 g/mol. The van der Waals surface area contributed by atoms with Crippen molar-refractivity contribution in [2.45, 2.75) is 44.1 Å². The number of rotatable bonds is 2. The van der Waals surface area contributed by atoms with Crippen molar-refractivity contribution in [2.24, 2.45) is 0 Å². The van der Waals surface area contributed by atoms with E-state index in [1.807, 2.05) is 0 Å². The topological polar surface area (TPSA) is 106 Å². The smallest absolute Gasteiger partial charge is 0.181 e. The SMILES string of the molecule is C[C@@H](O)[C@H]1OC(n2cc(F)c3c(N)ncnc32)[C@](C)(F)[C@@H]1O. The van der Waals surface area contributed by atoms with Gasteiger partial charge in [-0.1, -0.05) is 0 Å². The number of aromatic nitrogens is 3. The summed E-state index contributed by atoms with van der Waals surface area (Å²) in [5.74, 6) is -0.796. The first-order valence-electron chi connectivity index (χ1n) is 6.72. The Balaban J connectivity index is 2.14. The number of nitrogens with two attached hydrogens (primary N) is 1. The molecule has 0 spiro atoms. The summed E-state index contributed by atoms with van der Waals surface area (Å²) in [4.78, 5) is 7.60. The Hall–Kier alpha value is -1.84. The zero-order valence-electron chi connectivity index (χ0n) is 11.9. The Morgan fingerprint density at radius 2 is 2.18 bits per heavy atom. The second-order valence-corrected chi connectivity index (χ2v) is 5.63. The van der Waals surface area contributed by atoms with Crippen LogP contribution in [-0.2, 0) is 4.74 Å². The Kier molecular flexibility index (Phi) is 3.31. The van der Waals surface area contributed by atoms with Gasteiger partial charge in [0.15, 0.2) is 23.4 Å². The van der Waals surface area contributed by atoms with Gasteiger partial charge in [0, 0.05) is 6.20 Å². The highest BCUT2D eigenvalue weighted by Gasteiger charge is 2.56. The Morgan fingerprint density at radius 3 is 2.77 bits per heavy atom. The van der Waals surface area contributed by atoms with Crippen molar-refractivity contribution in [3.05, 3.63) is 18.3 Å². The lowest BCUT2D eigenvalue weighted by atomic mass is 9.96. The average molecular weight is 314 g/mol. The minimum absolute atomic E-state index is 0.0445. The lowest BCUT2D eigenvalue weighted by molar-refractivity contribution is -0.0795. The quantitative estimate of drug-likeness (QED) is 0.746. The molecule has 22 heavy (non-hydrogen) atoms. The van der Waals surface area contributed by atoms with Crippen LogP contribution in [0, 0.1) is 5.82 Å². The van der Waals surface area contributed by atoms with E-state index in [4.69, 9.17) is 10.5 Å². The third-order valence-electron chi connectivity index (χ3n) is 3.98. The van der Waals surface area contributed by atoms with Crippen LogP contribution in [0.2, 0.25) is 0 Å². The molecule has 5 atom stereocenters. The minimum atomic E-state index is -2.25. The number of aliphatic hydroxyl groups excluding tert-OH is 2. The molecule has 9 heteroatoms. The number of hydrogen-bond acceptors (Lipinski definition) is 6. The maximum atomic E-state index is 14.9. The van der Waals surface area contributed by atoms with Gasteiger partial charge in [-0.2, -0.15) is 0 Å². The molecule has 0 amide bonds. The number of nitrogens with zero attached hydrogens (tertiary/aromatic N) is 3. The zero-order chi connectivity index (χ0) is 16.2. The van der Waals surface area contributed by atoms with Gasteiger partial charge in [0.1, 0.15) is 24.4 Å². The summed E-state index contributed by atoms with van der Waals surface area (Å²) in [5, 5.41) is 19.6. The molecule has 1 aliphatic heterocycles. The first kappa shape index (κ1) is 15.1. The predicted octanol–water partition coefficient (Wildman–Crippen LogP) is 0.520. The highest BCUT2D eigenvalue weighted by atomic mass is 19.1. The van der Waals surface area contributed by atoms with Crippen LogP contribution in [-0.4, -0.2) is 48.7 Å². The Morgan fingerprint density at radius 1 is 1.50 bits per heavy atom. The van der Waals surface area contributed by atoms with E-state index in [0.717, 1.165) is 24.0 Å². The largest absolute Gasteiger partial charge is 0.391 e.